The molecule has 0 saturated carbocycles. The first-order chi connectivity index (χ1) is 13.4. The summed E-state index contributed by atoms with van der Waals surface area (Å²) in [4.78, 5) is 24.0. The van der Waals surface area contributed by atoms with Gasteiger partial charge in [0.15, 0.2) is 6.61 Å². The molecule has 0 atom stereocenters. The highest BCUT2D eigenvalue weighted by atomic mass is 35.5. The summed E-state index contributed by atoms with van der Waals surface area (Å²) in [5.41, 5.74) is 0.854. The van der Waals surface area contributed by atoms with E-state index in [-0.39, 0.29) is 15.5 Å². The predicted molar refractivity (Wildman–Crippen MR) is 112 cm³/mol. The fourth-order valence-electron chi connectivity index (χ4n) is 2.34. The molecule has 1 amide bonds. The van der Waals surface area contributed by atoms with Crippen molar-refractivity contribution in [2.24, 2.45) is 0 Å². The van der Waals surface area contributed by atoms with Crippen molar-refractivity contribution in [2.45, 2.75) is 38.1 Å². The number of rotatable bonds is 6. The number of sulfonamides is 1. The van der Waals surface area contributed by atoms with Crippen LogP contribution in [0.3, 0.4) is 0 Å². The first-order valence-corrected chi connectivity index (χ1v) is 10.6. The number of ether oxygens (including phenoxy) is 1. The van der Waals surface area contributed by atoms with E-state index in [2.05, 4.69) is 10.0 Å². The number of benzene rings is 2. The number of nitrogens with one attached hydrogen (secondary N) is 2. The zero-order valence-electron chi connectivity index (χ0n) is 16.6. The molecule has 156 valence electrons. The average Bonchev–Trinajstić information content (AvgIpc) is 2.60. The lowest BCUT2D eigenvalue weighted by Gasteiger charge is -2.21. The molecular formula is C20H23ClN2O5S. The van der Waals surface area contributed by atoms with Crippen LogP contribution in [0.4, 0.5) is 5.69 Å². The van der Waals surface area contributed by atoms with Crippen molar-refractivity contribution >= 4 is 39.2 Å². The van der Waals surface area contributed by atoms with E-state index >= 15 is 0 Å². The molecule has 0 aliphatic heterocycles. The molecular weight excluding hydrogens is 416 g/mol. The third kappa shape index (κ3) is 6.85. The van der Waals surface area contributed by atoms with E-state index in [1.165, 1.54) is 12.1 Å². The van der Waals surface area contributed by atoms with Crippen LogP contribution in [0.1, 0.15) is 36.7 Å². The van der Waals surface area contributed by atoms with Gasteiger partial charge in [0.1, 0.15) is 4.90 Å². The zero-order valence-corrected chi connectivity index (χ0v) is 18.1. The molecule has 9 heteroatoms. The molecule has 0 aliphatic carbocycles. The molecule has 2 N–H and O–H groups in total. The van der Waals surface area contributed by atoms with Gasteiger partial charge in [-0.15, -0.1) is 0 Å². The van der Waals surface area contributed by atoms with Crippen LogP contribution in [-0.4, -0.2) is 32.4 Å². The first kappa shape index (κ1) is 22.9. The fraction of sp³-hybridized carbons (Fsp3) is 0.300. The Morgan fingerprint density at radius 1 is 1.07 bits per heavy atom. The zero-order chi connectivity index (χ0) is 21.8. The normalized spacial score (nSPS) is 11.8. The third-order valence-electron chi connectivity index (χ3n) is 3.57. The SMILES string of the molecule is Cc1ccc(NC(=O)COC(=O)c2ccc(Cl)c(S(=O)(=O)NC(C)(C)C)c2)cc1. The Morgan fingerprint density at radius 3 is 2.28 bits per heavy atom. The lowest BCUT2D eigenvalue weighted by atomic mass is 10.1. The summed E-state index contributed by atoms with van der Waals surface area (Å²) >= 11 is 6.01. The van der Waals surface area contributed by atoms with Crippen LogP contribution in [-0.2, 0) is 19.6 Å². The van der Waals surface area contributed by atoms with Crippen LogP contribution in [0.5, 0.6) is 0 Å². The van der Waals surface area contributed by atoms with Crippen molar-refractivity contribution in [3.8, 4) is 0 Å². The lowest BCUT2D eigenvalue weighted by molar-refractivity contribution is -0.119. The van der Waals surface area contributed by atoms with Gasteiger partial charge in [0.25, 0.3) is 5.91 Å². The summed E-state index contributed by atoms with van der Waals surface area (Å²) in [6, 6.07) is 10.9. The highest BCUT2D eigenvalue weighted by Crippen LogP contribution is 2.24. The highest BCUT2D eigenvalue weighted by molar-refractivity contribution is 7.89. The molecule has 2 aromatic rings. The number of carbonyl (C=O) groups excluding carboxylic acids is 2. The second kappa shape index (κ2) is 8.94. The van der Waals surface area contributed by atoms with Crippen LogP contribution in [0.2, 0.25) is 5.02 Å². The van der Waals surface area contributed by atoms with E-state index in [0.717, 1.165) is 11.6 Å². The summed E-state index contributed by atoms with van der Waals surface area (Å²) in [5.74, 6) is -1.36. The molecule has 29 heavy (non-hydrogen) atoms. The second-order valence-corrected chi connectivity index (χ2v) is 9.55. The number of halogens is 1. The smallest absolute Gasteiger partial charge is 0.338 e. The maximum Gasteiger partial charge on any atom is 0.338 e. The molecule has 0 fully saturated rings. The molecule has 7 nitrogen and oxygen atoms in total. The van der Waals surface area contributed by atoms with Gasteiger partial charge in [-0.1, -0.05) is 29.3 Å². The number of anilines is 1. The summed E-state index contributed by atoms with van der Waals surface area (Å²) < 4.78 is 32.5. The molecule has 0 unspecified atom stereocenters. The van der Waals surface area contributed by atoms with Crippen LogP contribution in [0, 0.1) is 6.92 Å². The van der Waals surface area contributed by atoms with E-state index in [1.807, 2.05) is 19.1 Å². The fourth-order valence-corrected chi connectivity index (χ4v) is 4.29. The van der Waals surface area contributed by atoms with Gasteiger partial charge >= 0.3 is 5.97 Å². The Morgan fingerprint density at radius 2 is 1.69 bits per heavy atom. The number of amides is 1. The third-order valence-corrected chi connectivity index (χ3v) is 5.81. The van der Waals surface area contributed by atoms with Crippen LogP contribution in [0.15, 0.2) is 47.4 Å². The van der Waals surface area contributed by atoms with Crippen molar-refractivity contribution in [1.82, 2.24) is 4.72 Å². The van der Waals surface area contributed by atoms with E-state index in [9.17, 15) is 18.0 Å². The van der Waals surface area contributed by atoms with Gasteiger partial charge in [-0.05, 0) is 58.0 Å². The first-order valence-electron chi connectivity index (χ1n) is 8.74. The molecule has 0 saturated heterocycles. The molecule has 0 radical (unpaired) electrons. The second-order valence-electron chi connectivity index (χ2n) is 7.49. The Balaban J connectivity index is 2.07. The van der Waals surface area contributed by atoms with Crippen molar-refractivity contribution in [1.29, 1.82) is 0 Å². The number of hydrogen-bond donors (Lipinski definition) is 2. The van der Waals surface area contributed by atoms with Gasteiger partial charge in [0.05, 0.1) is 10.6 Å². The minimum Gasteiger partial charge on any atom is -0.452 e. The summed E-state index contributed by atoms with van der Waals surface area (Å²) in [5, 5.41) is 2.57. The number of esters is 1. The average molecular weight is 439 g/mol. The van der Waals surface area contributed by atoms with Gasteiger partial charge < -0.3 is 10.1 Å². The topological polar surface area (TPSA) is 102 Å². The van der Waals surface area contributed by atoms with Crippen LogP contribution in [0.25, 0.3) is 0 Å². The Bertz CT molecular complexity index is 1010. The van der Waals surface area contributed by atoms with Crippen molar-refractivity contribution in [2.75, 3.05) is 11.9 Å². The van der Waals surface area contributed by atoms with Crippen molar-refractivity contribution in [3.63, 3.8) is 0 Å². The maximum absolute atomic E-state index is 12.5. The van der Waals surface area contributed by atoms with Crippen LogP contribution >= 0.6 is 11.6 Å². The minimum absolute atomic E-state index is 0.0320. The van der Waals surface area contributed by atoms with E-state index in [1.54, 1.807) is 32.9 Å². The Hall–Kier alpha value is -2.42. The summed E-state index contributed by atoms with van der Waals surface area (Å²) in [6.45, 7) is 6.46. The summed E-state index contributed by atoms with van der Waals surface area (Å²) in [6.07, 6.45) is 0. The van der Waals surface area contributed by atoms with Gasteiger partial charge in [-0.25, -0.2) is 17.9 Å². The molecule has 0 heterocycles. The maximum atomic E-state index is 12.5. The molecule has 0 aliphatic rings. The molecule has 0 aromatic heterocycles. The van der Waals surface area contributed by atoms with E-state index < -0.39 is 34.0 Å². The molecule has 2 rings (SSSR count). The molecule has 2 aromatic carbocycles. The lowest BCUT2D eigenvalue weighted by Crippen LogP contribution is -2.40. The Labute approximate surface area is 175 Å². The predicted octanol–water partition coefficient (Wildman–Crippen LogP) is 3.52. The van der Waals surface area contributed by atoms with Gasteiger partial charge in [0, 0.05) is 11.2 Å². The Kier molecular flexibility index (Phi) is 7.05. The number of carbonyl (C=O) groups is 2. The minimum atomic E-state index is -3.95. The summed E-state index contributed by atoms with van der Waals surface area (Å²) in [7, 11) is -3.95. The largest absolute Gasteiger partial charge is 0.452 e. The van der Waals surface area contributed by atoms with E-state index in [4.69, 9.17) is 16.3 Å². The van der Waals surface area contributed by atoms with Gasteiger partial charge in [-0.2, -0.15) is 0 Å². The van der Waals surface area contributed by atoms with Gasteiger partial charge in [0.2, 0.25) is 10.0 Å². The monoisotopic (exact) mass is 438 g/mol. The highest BCUT2D eigenvalue weighted by Gasteiger charge is 2.25. The molecule has 0 bridgehead atoms. The number of aryl methyl sites for hydroxylation is 1. The number of hydrogen-bond acceptors (Lipinski definition) is 5. The standard InChI is InChI=1S/C20H23ClN2O5S/c1-13-5-8-15(9-6-13)22-18(24)12-28-19(25)14-7-10-16(21)17(11-14)29(26,27)23-20(2,3)4/h5-11,23H,12H2,1-4H3,(H,22,24). The van der Waals surface area contributed by atoms with Gasteiger partial charge in [-0.3, -0.25) is 4.79 Å². The van der Waals surface area contributed by atoms with Crippen LogP contribution < -0.4 is 10.0 Å². The van der Waals surface area contributed by atoms with E-state index in [0.29, 0.717) is 5.69 Å². The van der Waals surface area contributed by atoms with Crippen molar-refractivity contribution < 1.29 is 22.7 Å². The molecule has 0 spiro atoms. The van der Waals surface area contributed by atoms with Crippen molar-refractivity contribution in [3.05, 3.63) is 58.6 Å². The quantitative estimate of drug-likeness (QED) is 0.672.